The molecule has 3 N–H and O–H groups in total. The molecular formula is C22H30N6O2. The molecule has 1 aliphatic rings. The van der Waals surface area contributed by atoms with Crippen LogP contribution in [0.4, 0.5) is 5.82 Å². The van der Waals surface area contributed by atoms with Gasteiger partial charge in [0.1, 0.15) is 5.82 Å². The van der Waals surface area contributed by atoms with E-state index in [0.29, 0.717) is 18.7 Å². The van der Waals surface area contributed by atoms with Crippen molar-refractivity contribution in [2.75, 3.05) is 51.8 Å². The highest BCUT2D eigenvalue weighted by Crippen LogP contribution is 2.18. The first kappa shape index (κ1) is 21.6. The van der Waals surface area contributed by atoms with Crippen molar-refractivity contribution in [1.82, 2.24) is 20.9 Å². The minimum absolute atomic E-state index is 0.0742. The van der Waals surface area contributed by atoms with Crippen LogP contribution in [0.25, 0.3) is 0 Å². The molecule has 2 aromatic rings. The monoisotopic (exact) mass is 410 g/mol. The van der Waals surface area contributed by atoms with E-state index in [9.17, 15) is 4.79 Å². The first-order valence-corrected chi connectivity index (χ1v) is 10.2. The van der Waals surface area contributed by atoms with Gasteiger partial charge in [-0.1, -0.05) is 18.2 Å². The van der Waals surface area contributed by atoms with Crippen LogP contribution in [-0.2, 0) is 17.7 Å². The second-order valence-corrected chi connectivity index (χ2v) is 6.97. The molecule has 0 saturated carbocycles. The number of guanidine groups is 1. The van der Waals surface area contributed by atoms with Gasteiger partial charge in [0.05, 0.1) is 13.2 Å². The normalized spacial score (nSPS) is 14.3. The number of anilines is 1. The maximum atomic E-state index is 11.8. The highest BCUT2D eigenvalue weighted by molar-refractivity contribution is 5.94. The van der Waals surface area contributed by atoms with Crippen LogP contribution >= 0.6 is 0 Å². The van der Waals surface area contributed by atoms with Crippen molar-refractivity contribution in [3.8, 4) is 0 Å². The Morgan fingerprint density at radius 2 is 2.03 bits per heavy atom. The lowest BCUT2D eigenvalue weighted by molar-refractivity contribution is 0.0963. The maximum absolute atomic E-state index is 11.8. The Morgan fingerprint density at radius 3 is 2.80 bits per heavy atom. The quantitative estimate of drug-likeness (QED) is 0.469. The first-order chi connectivity index (χ1) is 14.7. The number of carbonyl (C=O) groups excluding carboxylic acids is 1. The molecule has 160 valence electrons. The minimum Gasteiger partial charge on any atom is -0.378 e. The molecule has 1 aromatic carbocycles. The number of aromatic nitrogens is 1. The standard InChI is InChI=1S/C22H30N6O2/c1-23-21(29)18-6-3-5-17(15-18)8-10-26-22(24-2)27-16-19-7-4-9-25-20(19)28-11-13-30-14-12-28/h3-7,9,15H,8,10-14,16H2,1-2H3,(H,23,29)(H2,24,26,27). The number of rotatable bonds is 7. The molecule has 2 heterocycles. The molecule has 0 bridgehead atoms. The molecule has 8 heteroatoms. The number of benzene rings is 1. The molecule has 8 nitrogen and oxygen atoms in total. The molecule has 30 heavy (non-hydrogen) atoms. The van der Waals surface area contributed by atoms with Crippen molar-refractivity contribution in [2.45, 2.75) is 13.0 Å². The van der Waals surface area contributed by atoms with Crippen molar-refractivity contribution < 1.29 is 9.53 Å². The number of aliphatic imine (C=N–C) groups is 1. The molecule has 1 aliphatic heterocycles. The van der Waals surface area contributed by atoms with Gasteiger partial charge in [0.2, 0.25) is 0 Å². The summed E-state index contributed by atoms with van der Waals surface area (Å²) in [6.45, 7) is 4.51. The number of hydrogen-bond donors (Lipinski definition) is 3. The summed E-state index contributed by atoms with van der Waals surface area (Å²) in [5.74, 6) is 1.65. The van der Waals surface area contributed by atoms with Crippen LogP contribution in [0, 0.1) is 0 Å². The Balaban J connectivity index is 1.52. The molecule has 0 unspecified atom stereocenters. The van der Waals surface area contributed by atoms with E-state index in [1.165, 1.54) is 0 Å². The van der Waals surface area contributed by atoms with Crippen molar-refractivity contribution in [3.05, 3.63) is 59.3 Å². The van der Waals surface area contributed by atoms with Crippen LogP contribution in [-0.4, -0.2) is 63.8 Å². The van der Waals surface area contributed by atoms with Crippen LogP contribution in [0.15, 0.2) is 47.6 Å². The predicted molar refractivity (Wildman–Crippen MR) is 119 cm³/mol. The lowest BCUT2D eigenvalue weighted by Crippen LogP contribution is -2.40. The van der Waals surface area contributed by atoms with E-state index in [-0.39, 0.29) is 5.91 Å². The second-order valence-electron chi connectivity index (χ2n) is 6.97. The fraction of sp³-hybridized carbons (Fsp3) is 0.409. The van der Waals surface area contributed by atoms with E-state index in [4.69, 9.17) is 4.74 Å². The summed E-state index contributed by atoms with van der Waals surface area (Å²) in [6.07, 6.45) is 2.62. The summed E-state index contributed by atoms with van der Waals surface area (Å²) < 4.78 is 5.45. The van der Waals surface area contributed by atoms with E-state index in [1.807, 2.05) is 36.5 Å². The Hall–Kier alpha value is -3.13. The number of morpholine rings is 1. The summed E-state index contributed by atoms with van der Waals surface area (Å²) >= 11 is 0. The van der Waals surface area contributed by atoms with Crippen molar-refractivity contribution in [2.24, 2.45) is 4.99 Å². The number of nitrogens with one attached hydrogen (secondary N) is 3. The molecule has 1 amide bonds. The Kier molecular flexibility index (Phi) is 8.02. The number of amides is 1. The molecule has 0 radical (unpaired) electrons. The van der Waals surface area contributed by atoms with Gasteiger partial charge in [0, 0.05) is 57.6 Å². The number of ether oxygens (including phenoxy) is 1. The van der Waals surface area contributed by atoms with Gasteiger partial charge in [-0.25, -0.2) is 4.98 Å². The van der Waals surface area contributed by atoms with Gasteiger partial charge in [-0.05, 0) is 30.2 Å². The minimum atomic E-state index is -0.0742. The van der Waals surface area contributed by atoms with Gasteiger partial charge in [-0.2, -0.15) is 0 Å². The molecule has 0 atom stereocenters. The van der Waals surface area contributed by atoms with E-state index >= 15 is 0 Å². The number of hydrogen-bond acceptors (Lipinski definition) is 5. The average Bonchev–Trinajstić information content (AvgIpc) is 2.81. The topological polar surface area (TPSA) is 90.9 Å². The van der Waals surface area contributed by atoms with Crippen molar-refractivity contribution >= 4 is 17.7 Å². The highest BCUT2D eigenvalue weighted by Gasteiger charge is 2.15. The number of pyridine rings is 1. The van der Waals surface area contributed by atoms with Gasteiger partial charge in [0.25, 0.3) is 5.91 Å². The molecule has 1 fully saturated rings. The molecule has 0 spiro atoms. The molecule has 1 saturated heterocycles. The first-order valence-electron chi connectivity index (χ1n) is 10.2. The van der Waals surface area contributed by atoms with Gasteiger partial charge in [-0.15, -0.1) is 0 Å². The zero-order chi connectivity index (χ0) is 21.2. The molecular weight excluding hydrogens is 380 g/mol. The second kappa shape index (κ2) is 11.2. The highest BCUT2D eigenvalue weighted by atomic mass is 16.5. The lowest BCUT2D eigenvalue weighted by Gasteiger charge is -2.29. The van der Waals surface area contributed by atoms with E-state index in [2.05, 4.69) is 36.9 Å². The summed E-state index contributed by atoms with van der Waals surface area (Å²) in [7, 11) is 3.40. The van der Waals surface area contributed by atoms with Crippen molar-refractivity contribution in [1.29, 1.82) is 0 Å². The fourth-order valence-electron chi connectivity index (χ4n) is 3.37. The van der Waals surface area contributed by atoms with Crippen LogP contribution in [0.5, 0.6) is 0 Å². The third-order valence-corrected chi connectivity index (χ3v) is 4.97. The largest absolute Gasteiger partial charge is 0.378 e. The zero-order valence-electron chi connectivity index (χ0n) is 17.6. The Labute approximate surface area is 177 Å². The molecule has 0 aliphatic carbocycles. The van der Waals surface area contributed by atoms with Crippen LogP contribution < -0.4 is 20.9 Å². The summed E-state index contributed by atoms with van der Waals surface area (Å²) in [5, 5.41) is 9.35. The van der Waals surface area contributed by atoms with Gasteiger partial charge >= 0.3 is 0 Å². The Morgan fingerprint density at radius 1 is 1.20 bits per heavy atom. The van der Waals surface area contributed by atoms with E-state index in [0.717, 1.165) is 55.6 Å². The van der Waals surface area contributed by atoms with Crippen LogP contribution in [0.3, 0.4) is 0 Å². The Bertz CT molecular complexity index is 864. The summed E-state index contributed by atoms with van der Waals surface area (Å²) in [6, 6.07) is 11.7. The third kappa shape index (κ3) is 5.93. The molecule has 1 aromatic heterocycles. The van der Waals surface area contributed by atoms with E-state index < -0.39 is 0 Å². The van der Waals surface area contributed by atoms with Gasteiger partial charge < -0.3 is 25.6 Å². The lowest BCUT2D eigenvalue weighted by atomic mass is 10.1. The predicted octanol–water partition coefficient (Wildman–Crippen LogP) is 1.19. The number of carbonyl (C=O) groups is 1. The smallest absolute Gasteiger partial charge is 0.251 e. The average molecular weight is 411 g/mol. The number of nitrogens with zero attached hydrogens (tertiary/aromatic N) is 3. The summed E-state index contributed by atoms with van der Waals surface area (Å²) in [4.78, 5) is 22.9. The molecule has 3 rings (SSSR count). The van der Waals surface area contributed by atoms with Crippen molar-refractivity contribution in [3.63, 3.8) is 0 Å². The van der Waals surface area contributed by atoms with Gasteiger partial charge in [0.15, 0.2) is 5.96 Å². The zero-order valence-corrected chi connectivity index (χ0v) is 17.6. The summed E-state index contributed by atoms with van der Waals surface area (Å²) in [5.41, 5.74) is 2.89. The van der Waals surface area contributed by atoms with Gasteiger partial charge in [-0.3, -0.25) is 9.79 Å². The van der Waals surface area contributed by atoms with Crippen LogP contribution in [0.2, 0.25) is 0 Å². The third-order valence-electron chi connectivity index (χ3n) is 4.97. The SMILES string of the molecule is CN=C(NCCc1cccc(C(=O)NC)c1)NCc1cccnc1N1CCOCC1. The fourth-order valence-corrected chi connectivity index (χ4v) is 3.37. The van der Waals surface area contributed by atoms with E-state index in [1.54, 1.807) is 14.1 Å². The van der Waals surface area contributed by atoms with Crippen LogP contribution in [0.1, 0.15) is 21.5 Å². The maximum Gasteiger partial charge on any atom is 0.251 e.